The van der Waals surface area contributed by atoms with E-state index >= 15 is 0 Å². The van der Waals surface area contributed by atoms with Crippen LogP contribution in [0.15, 0.2) is 206 Å². The summed E-state index contributed by atoms with van der Waals surface area (Å²) in [6, 6.07) is 75.6. The zero-order chi connectivity index (χ0) is 34.4. The fraction of sp³-hybridized carbons (Fsp3) is 0. The van der Waals surface area contributed by atoms with Gasteiger partial charge in [0.2, 0.25) is 0 Å². The summed E-state index contributed by atoms with van der Waals surface area (Å²) in [5, 5.41) is 10.0. The van der Waals surface area contributed by atoms with Crippen LogP contribution in [0.5, 0.6) is 0 Å². The van der Waals surface area contributed by atoms with Crippen molar-refractivity contribution >= 4 is 43.1 Å². The van der Waals surface area contributed by atoms with E-state index in [0.29, 0.717) is 0 Å². The molecular formula is C52H34. The smallest absolute Gasteiger partial charge is 0.00199 e. The Balaban J connectivity index is 1.20. The van der Waals surface area contributed by atoms with E-state index in [-0.39, 0.29) is 0 Å². The first-order valence-electron chi connectivity index (χ1n) is 18.0. The Labute approximate surface area is 303 Å². The van der Waals surface area contributed by atoms with Crippen LogP contribution in [0.4, 0.5) is 0 Å². The van der Waals surface area contributed by atoms with Crippen LogP contribution in [0.1, 0.15) is 0 Å². The Morgan fingerprint density at radius 1 is 0.192 bits per heavy atom. The highest BCUT2D eigenvalue weighted by atomic mass is 14.2. The molecule has 0 bridgehead atoms. The molecule has 0 amide bonds. The quantitative estimate of drug-likeness (QED) is 0.161. The van der Waals surface area contributed by atoms with Crippen molar-refractivity contribution in [1.82, 2.24) is 0 Å². The molecule has 0 heteroatoms. The van der Waals surface area contributed by atoms with Gasteiger partial charge in [-0.2, -0.15) is 0 Å². The fourth-order valence-corrected chi connectivity index (χ4v) is 8.10. The van der Waals surface area contributed by atoms with Gasteiger partial charge in [-0.25, -0.2) is 0 Å². The van der Waals surface area contributed by atoms with E-state index < -0.39 is 0 Å². The highest BCUT2D eigenvalue weighted by Crippen LogP contribution is 2.47. The molecule has 0 radical (unpaired) electrons. The Kier molecular flexibility index (Phi) is 7.25. The maximum absolute atomic E-state index is 2.42. The summed E-state index contributed by atoms with van der Waals surface area (Å²) in [7, 11) is 0. The second-order valence-corrected chi connectivity index (χ2v) is 13.7. The van der Waals surface area contributed by atoms with Crippen molar-refractivity contribution in [2.75, 3.05) is 0 Å². The summed E-state index contributed by atoms with van der Waals surface area (Å²) in [5.41, 5.74) is 12.3. The Bertz CT molecular complexity index is 2880. The topological polar surface area (TPSA) is 0 Å². The predicted molar refractivity (Wildman–Crippen MR) is 224 cm³/mol. The molecule has 0 nitrogen and oxygen atoms in total. The average Bonchev–Trinajstić information content (AvgIpc) is 3.22. The van der Waals surface area contributed by atoms with Crippen molar-refractivity contribution in [2.45, 2.75) is 0 Å². The second kappa shape index (κ2) is 12.5. The minimum absolute atomic E-state index is 1.20. The van der Waals surface area contributed by atoms with Crippen LogP contribution in [-0.4, -0.2) is 0 Å². The zero-order valence-electron chi connectivity index (χ0n) is 28.6. The van der Waals surface area contributed by atoms with Gasteiger partial charge < -0.3 is 0 Å². The number of hydrogen-bond donors (Lipinski definition) is 0. The minimum atomic E-state index is 1.20. The maximum Gasteiger partial charge on any atom is -0.00199 e. The van der Waals surface area contributed by atoms with Crippen LogP contribution in [0.3, 0.4) is 0 Å². The Morgan fingerprint density at radius 2 is 0.596 bits per heavy atom. The first-order valence-corrected chi connectivity index (χ1v) is 18.0. The normalized spacial score (nSPS) is 11.5. The van der Waals surface area contributed by atoms with E-state index in [9.17, 15) is 0 Å². The first kappa shape index (κ1) is 30.1. The van der Waals surface area contributed by atoms with E-state index in [0.717, 1.165) is 0 Å². The Morgan fingerprint density at radius 3 is 1.17 bits per heavy atom. The SMILES string of the molecule is c1ccc(-c2c3ccccc3c(-c3cc(-c4ccc(-c5ccc6ccccc6c5)cc4)ccc3-c3ccc4ccccc4c3)c3ccccc23)cc1. The van der Waals surface area contributed by atoms with Crippen LogP contribution >= 0.6 is 0 Å². The lowest BCUT2D eigenvalue weighted by Crippen LogP contribution is -1.93. The van der Waals surface area contributed by atoms with Crippen LogP contribution in [0.2, 0.25) is 0 Å². The molecule has 10 rings (SSSR count). The summed E-state index contributed by atoms with van der Waals surface area (Å²) < 4.78 is 0. The molecule has 242 valence electrons. The summed E-state index contributed by atoms with van der Waals surface area (Å²) >= 11 is 0. The molecule has 0 N–H and O–H groups in total. The molecule has 0 unspecified atom stereocenters. The molecule has 10 aromatic rings. The van der Waals surface area contributed by atoms with Gasteiger partial charge in [-0.1, -0.05) is 188 Å². The van der Waals surface area contributed by atoms with Crippen LogP contribution in [0.25, 0.3) is 98.7 Å². The van der Waals surface area contributed by atoms with Crippen molar-refractivity contribution in [3.63, 3.8) is 0 Å². The van der Waals surface area contributed by atoms with E-state index in [2.05, 4.69) is 206 Å². The molecule has 52 heavy (non-hydrogen) atoms. The molecule has 0 saturated heterocycles. The van der Waals surface area contributed by atoms with E-state index in [1.807, 2.05) is 0 Å². The van der Waals surface area contributed by atoms with E-state index in [1.54, 1.807) is 0 Å². The molecule has 0 heterocycles. The minimum Gasteiger partial charge on any atom is -0.0622 e. The lowest BCUT2D eigenvalue weighted by atomic mass is 9.82. The number of hydrogen-bond acceptors (Lipinski definition) is 0. The monoisotopic (exact) mass is 658 g/mol. The number of rotatable bonds is 5. The lowest BCUT2D eigenvalue weighted by molar-refractivity contribution is 1.58. The highest BCUT2D eigenvalue weighted by Gasteiger charge is 2.20. The molecule has 0 aliphatic carbocycles. The van der Waals surface area contributed by atoms with Gasteiger partial charge in [0.1, 0.15) is 0 Å². The van der Waals surface area contributed by atoms with Crippen molar-refractivity contribution < 1.29 is 0 Å². The molecule has 0 atom stereocenters. The largest absolute Gasteiger partial charge is 0.0622 e. The van der Waals surface area contributed by atoms with E-state index in [1.165, 1.54) is 98.7 Å². The summed E-state index contributed by atoms with van der Waals surface area (Å²) in [5.74, 6) is 0. The molecule has 0 saturated carbocycles. The van der Waals surface area contributed by atoms with Gasteiger partial charge in [-0.15, -0.1) is 0 Å². The molecule has 0 aliphatic rings. The van der Waals surface area contributed by atoms with Gasteiger partial charge in [0, 0.05) is 0 Å². The molecule has 0 fully saturated rings. The average molecular weight is 659 g/mol. The van der Waals surface area contributed by atoms with Crippen LogP contribution in [-0.2, 0) is 0 Å². The Hall–Kier alpha value is -6.76. The third kappa shape index (κ3) is 5.16. The molecule has 0 aromatic heterocycles. The predicted octanol–water partition coefficient (Wildman–Crippen LogP) is 14.6. The van der Waals surface area contributed by atoms with Crippen molar-refractivity contribution in [2.24, 2.45) is 0 Å². The highest BCUT2D eigenvalue weighted by molar-refractivity contribution is 6.22. The van der Waals surface area contributed by atoms with Crippen molar-refractivity contribution in [1.29, 1.82) is 0 Å². The van der Waals surface area contributed by atoms with Gasteiger partial charge in [0.05, 0.1) is 0 Å². The van der Waals surface area contributed by atoms with E-state index in [4.69, 9.17) is 0 Å². The third-order valence-electron chi connectivity index (χ3n) is 10.6. The molecular weight excluding hydrogens is 625 g/mol. The van der Waals surface area contributed by atoms with Crippen LogP contribution < -0.4 is 0 Å². The fourth-order valence-electron chi connectivity index (χ4n) is 8.10. The van der Waals surface area contributed by atoms with Gasteiger partial charge in [-0.3, -0.25) is 0 Å². The molecule has 0 spiro atoms. The summed E-state index contributed by atoms with van der Waals surface area (Å²) in [6.45, 7) is 0. The summed E-state index contributed by atoms with van der Waals surface area (Å²) in [4.78, 5) is 0. The molecule has 0 aliphatic heterocycles. The standard InChI is InChI=1S/C52H34/c1-2-14-39(15-3-1)51-46-18-8-10-20-48(46)52(49-21-11-9-19-47(49)51)50-34-43(30-31-45(50)44-29-27-36-13-5-7-17-41(36)33-44)38-24-22-37(23-25-38)42-28-26-35-12-4-6-16-40(35)32-42/h1-34H. The maximum atomic E-state index is 2.42. The lowest BCUT2D eigenvalue weighted by Gasteiger charge is -2.21. The zero-order valence-corrected chi connectivity index (χ0v) is 28.6. The van der Waals surface area contributed by atoms with Gasteiger partial charge in [0.25, 0.3) is 0 Å². The third-order valence-corrected chi connectivity index (χ3v) is 10.6. The van der Waals surface area contributed by atoms with Gasteiger partial charge >= 0.3 is 0 Å². The van der Waals surface area contributed by atoms with Crippen LogP contribution in [0, 0.1) is 0 Å². The molecule has 10 aromatic carbocycles. The van der Waals surface area contributed by atoms with Gasteiger partial charge in [-0.05, 0) is 117 Å². The van der Waals surface area contributed by atoms with Crippen molar-refractivity contribution in [3.05, 3.63) is 206 Å². The second-order valence-electron chi connectivity index (χ2n) is 13.7. The number of fused-ring (bicyclic) bond motifs is 4. The number of benzene rings is 10. The van der Waals surface area contributed by atoms with Gasteiger partial charge in [0.15, 0.2) is 0 Å². The van der Waals surface area contributed by atoms with Crippen molar-refractivity contribution in [3.8, 4) is 55.6 Å². The first-order chi connectivity index (χ1) is 25.8. The summed E-state index contributed by atoms with van der Waals surface area (Å²) in [6.07, 6.45) is 0.